The maximum atomic E-state index is 14.1. The number of hydrogen-bond donors (Lipinski definition) is 2. The summed E-state index contributed by atoms with van der Waals surface area (Å²) in [5.41, 5.74) is 4.23. The van der Waals surface area contributed by atoms with Crippen LogP contribution in [-0.2, 0) is 4.79 Å². The quantitative estimate of drug-likeness (QED) is 0.312. The molecule has 0 radical (unpaired) electrons. The number of hydrogen-bond acceptors (Lipinski definition) is 5. The average Bonchev–Trinajstić information content (AvgIpc) is 2.92. The molecule has 1 heterocycles. The van der Waals surface area contributed by atoms with Crippen LogP contribution >= 0.6 is 11.6 Å². The van der Waals surface area contributed by atoms with Crippen LogP contribution in [0.15, 0.2) is 83.6 Å². The minimum Gasteiger partial charge on any atom is -0.507 e. The summed E-state index contributed by atoms with van der Waals surface area (Å²) >= 11 is 6.22. The molecular formula is C33H33ClN2O4. The highest BCUT2D eigenvalue weighted by Crippen LogP contribution is 2.53. The highest BCUT2D eigenvalue weighted by molar-refractivity contribution is 6.30. The summed E-state index contributed by atoms with van der Waals surface area (Å²) in [7, 11) is 3.15. The van der Waals surface area contributed by atoms with Gasteiger partial charge in [0.15, 0.2) is 5.78 Å². The third-order valence-corrected chi connectivity index (χ3v) is 7.89. The average molecular weight is 557 g/mol. The van der Waals surface area contributed by atoms with Gasteiger partial charge in [-0.25, -0.2) is 0 Å². The lowest BCUT2D eigenvalue weighted by molar-refractivity contribution is -0.118. The zero-order valence-corrected chi connectivity index (χ0v) is 24.1. The van der Waals surface area contributed by atoms with Gasteiger partial charge in [0.25, 0.3) is 0 Å². The molecule has 1 aliphatic carbocycles. The summed E-state index contributed by atoms with van der Waals surface area (Å²) in [6.07, 6.45) is 0.912. The number of carbonyl (C=O) groups excluding carboxylic acids is 1. The molecule has 40 heavy (non-hydrogen) atoms. The number of benzene rings is 3. The number of rotatable bonds is 5. The van der Waals surface area contributed by atoms with Crippen molar-refractivity contribution in [2.24, 2.45) is 5.41 Å². The van der Waals surface area contributed by atoms with Crippen LogP contribution < -0.4 is 14.4 Å². The number of halogens is 1. The molecule has 2 N–H and O–H groups in total. The first-order valence-electron chi connectivity index (χ1n) is 13.2. The van der Waals surface area contributed by atoms with Crippen molar-refractivity contribution in [3.8, 4) is 11.5 Å². The second-order valence-corrected chi connectivity index (χ2v) is 11.6. The highest BCUT2D eigenvalue weighted by Gasteiger charge is 2.47. The first kappa shape index (κ1) is 27.5. The van der Waals surface area contributed by atoms with Crippen molar-refractivity contribution in [3.05, 3.63) is 105 Å². The minimum atomic E-state index is -0.749. The number of aliphatic hydroxyl groups excluding tert-OH is 1. The predicted molar refractivity (Wildman–Crippen MR) is 160 cm³/mol. The lowest BCUT2D eigenvalue weighted by Gasteiger charge is -2.45. The van der Waals surface area contributed by atoms with E-state index in [1.807, 2.05) is 49.4 Å². The number of Topliss-reactive ketones (excluding diaryl/α,β-unsaturated/α-hetero) is 1. The summed E-state index contributed by atoms with van der Waals surface area (Å²) in [6, 6.07) is 20.1. The molecule has 7 heteroatoms. The molecule has 0 aromatic heterocycles. The number of ketones is 1. The number of nitrogens with zero attached hydrogens (tertiary/aromatic N) is 1. The van der Waals surface area contributed by atoms with Crippen LogP contribution in [0, 0.1) is 17.7 Å². The molecule has 2 aliphatic rings. The Morgan fingerprint density at radius 3 is 2.30 bits per heavy atom. The molecule has 5 rings (SSSR count). The molecule has 0 saturated carbocycles. The summed E-state index contributed by atoms with van der Waals surface area (Å²) in [6.45, 7) is 6.10. The third-order valence-electron chi connectivity index (χ3n) is 7.64. The van der Waals surface area contributed by atoms with E-state index in [4.69, 9.17) is 21.1 Å². The van der Waals surface area contributed by atoms with Crippen LogP contribution in [0.25, 0.3) is 5.76 Å². The van der Waals surface area contributed by atoms with Gasteiger partial charge < -0.3 is 14.6 Å². The van der Waals surface area contributed by atoms with Crippen LogP contribution in [-0.4, -0.2) is 30.9 Å². The van der Waals surface area contributed by atoms with E-state index in [0.717, 1.165) is 11.3 Å². The van der Waals surface area contributed by atoms with Crippen molar-refractivity contribution in [1.29, 1.82) is 5.41 Å². The van der Waals surface area contributed by atoms with Gasteiger partial charge in [-0.15, -0.1) is 0 Å². The number of aliphatic hydroxyl groups is 1. The number of allylic oxidation sites excluding steroid dienone is 2. The van der Waals surface area contributed by atoms with Gasteiger partial charge in [-0.2, -0.15) is 0 Å². The van der Waals surface area contributed by atoms with Crippen molar-refractivity contribution < 1.29 is 19.4 Å². The topological polar surface area (TPSA) is 82.8 Å². The van der Waals surface area contributed by atoms with Gasteiger partial charge >= 0.3 is 0 Å². The maximum Gasteiger partial charge on any atom is 0.162 e. The van der Waals surface area contributed by atoms with E-state index in [-0.39, 0.29) is 22.8 Å². The van der Waals surface area contributed by atoms with E-state index in [1.54, 1.807) is 43.4 Å². The zero-order chi connectivity index (χ0) is 28.8. The molecule has 0 bridgehead atoms. The van der Waals surface area contributed by atoms with Crippen LogP contribution in [0.4, 0.5) is 5.69 Å². The van der Waals surface area contributed by atoms with E-state index in [1.165, 1.54) is 0 Å². The largest absolute Gasteiger partial charge is 0.507 e. The second kappa shape index (κ2) is 10.5. The maximum absolute atomic E-state index is 14.1. The number of nitrogens with one attached hydrogen (secondary N) is 1. The van der Waals surface area contributed by atoms with Crippen molar-refractivity contribution in [3.63, 3.8) is 0 Å². The van der Waals surface area contributed by atoms with E-state index in [9.17, 15) is 15.3 Å². The Kier molecular flexibility index (Phi) is 7.23. The van der Waals surface area contributed by atoms with Crippen molar-refractivity contribution in [1.82, 2.24) is 0 Å². The number of aryl methyl sites for hydroxylation is 1. The van der Waals surface area contributed by atoms with Crippen LogP contribution in [0.1, 0.15) is 49.3 Å². The predicted octanol–water partition coefficient (Wildman–Crippen LogP) is 7.86. The van der Waals surface area contributed by atoms with Crippen molar-refractivity contribution in [2.45, 2.75) is 39.5 Å². The van der Waals surface area contributed by atoms with E-state index in [0.29, 0.717) is 57.3 Å². The summed E-state index contributed by atoms with van der Waals surface area (Å²) in [4.78, 5) is 15.9. The molecule has 3 aromatic rings. The Morgan fingerprint density at radius 1 is 1.00 bits per heavy atom. The number of ether oxygens (including phenoxy) is 2. The second-order valence-electron chi connectivity index (χ2n) is 11.1. The monoisotopic (exact) mass is 556 g/mol. The fourth-order valence-corrected chi connectivity index (χ4v) is 5.86. The van der Waals surface area contributed by atoms with Gasteiger partial charge in [-0.3, -0.25) is 15.1 Å². The number of amidine groups is 1. The molecule has 1 aliphatic heterocycles. The smallest absolute Gasteiger partial charge is 0.162 e. The van der Waals surface area contributed by atoms with Gasteiger partial charge in [0, 0.05) is 45.1 Å². The molecule has 1 atom stereocenters. The Labute approximate surface area is 240 Å². The molecular weight excluding hydrogens is 524 g/mol. The Bertz CT molecular complexity index is 1550. The van der Waals surface area contributed by atoms with Crippen LogP contribution in [0.2, 0.25) is 5.02 Å². The zero-order valence-electron chi connectivity index (χ0n) is 23.3. The fraction of sp³-hybridized carbons (Fsp3) is 0.273. The molecule has 6 nitrogen and oxygen atoms in total. The van der Waals surface area contributed by atoms with Gasteiger partial charge in [0.1, 0.15) is 23.1 Å². The van der Waals surface area contributed by atoms with Crippen LogP contribution in [0.5, 0.6) is 11.5 Å². The Hall–Kier alpha value is -4.03. The molecule has 0 unspecified atom stereocenters. The third kappa shape index (κ3) is 4.88. The van der Waals surface area contributed by atoms with Crippen molar-refractivity contribution in [2.75, 3.05) is 19.1 Å². The van der Waals surface area contributed by atoms with E-state index in [2.05, 4.69) is 13.8 Å². The number of anilines is 1. The van der Waals surface area contributed by atoms with Crippen LogP contribution in [0.3, 0.4) is 0 Å². The molecule has 0 spiro atoms. The first-order valence-corrected chi connectivity index (χ1v) is 13.6. The van der Waals surface area contributed by atoms with Gasteiger partial charge in [0.2, 0.25) is 0 Å². The molecule has 0 saturated heterocycles. The van der Waals surface area contributed by atoms with Gasteiger partial charge in [-0.1, -0.05) is 55.3 Å². The Balaban J connectivity index is 1.89. The molecule has 3 aromatic carbocycles. The van der Waals surface area contributed by atoms with Gasteiger partial charge in [-0.05, 0) is 61.2 Å². The molecule has 0 amide bonds. The summed E-state index contributed by atoms with van der Waals surface area (Å²) < 4.78 is 11.3. The number of carbonyl (C=O) groups is 1. The standard InChI is InChI=1S/C33H33ClN2O4/c1-19-6-8-20(9-7-19)31(38)30-28(24-16-23(39-4)14-15-27(24)40-5)29-25(17-33(2,3)18-26(29)37)36(32(30)35)22-12-10-21(34)11-13-22/h6-16,28,35,38H,17-18H2,1-5H3/t28-/m0/s1. The van der Waals surface area contributed by atoms with Crippen molar-refractivity contribution >= 4 is 34.7 Å². The van der Waals surface area contributed by atoms with E-state index < -0.39 is 5.92 Å². The van der Waals surface area contributed by atoms with Gasteiger partial charge in [0.05, 0.1) is 20.1 Å². The normalized spacial score (nSPS) is 19.9. The SMILES string of the molecule is COc1ccc(OC)c([C@@H]2C(=C(O)c3ccc(C)cc3)C(=N)N(c3ccc(Cl)cc3)C3=C2C(=O)CC(C)(C)C3)c1. The number of methoxy groups -OCH3 is 2. The minimum absolute atomic E-state index is 0.0261. The first-order chi connectivity index (χ1) is 19.0. The lowest BCUT2D eigenvalue weighted by atomic mass is 9.67. The Morgan fingerprint density at radius 2 is 1.68 bits per heavy atom. The fourth-order valence-electron chi connectivity index (χ4n) is 5.73. The lowest BCUT2D eigenvalue weighted by Crippen LogP contribution is -2.45. The summed E-state index contributed by atoms with van der Waals surface area (Å²) in [5.74, 6) is 0.366. The van der Waals surface area contributed by atoms with E-state index >= 15 is 0 Å². The highest BCUT2D eigenvalue weighted by atomic mass is 35.5. The summed E-state index contributed by atoms with van der Waals surface area (Å²) in [5, 5.41) is 22.1. The molecule has 0 fully saturated rings. The molecule has 206 valence electrons.